The molecule has 20 heavy (non-hydrogen) atoms. The third kappa shape index (κ3) is 4.53. The first kappa shape index (κ1) is 17.6. The highest BCUT2D eigenvalue weighted by Crippen LogP contribution is 2.23. The van der Waals surface area contributed by atoms with E-state index in [9.17, 15) is 8.42 Å². The summed E-state index contributed by atoms with van der Waals surface area (Å²) in [5, 5.41) is 0. The molecule has 1 atom stereocenters. The van der Waals surface area contributed by atoms with Gasteiger partial charge in [-0.25, -0.2) is 13.1 Å². The first-order valence-corrected chi connectivity index (χ1v) is 8.59. The van der Waals surface area contributed by atoms with Crippen molar-refractivity contribution in [2.45, 2.75) is 31.3 Å². The minimum absolute atomic E-state index is 0.131. The van der Waals surface area contributed by atoms with Gasteiger partial charge in [0.1, 0.15) is 0 Å². The molecule has 1 unspecified atom stereocenters. The molecule has 0 spiro atoms. The highest BCUT2D eigenvalue weighted by Gasteiger charge is 2.24. The lowest BCUT2D eigenvalue weighted by molar-refractivity contribution is 0.157. The fraction of sp³-hybridized carbons (Fsp3) is 0.538. The van der Waals surface area contributed by atoms with Gasteiger partial charge < -0.3 is 10.5 Å². The van der Waals surface area contributed by atoms with Crippen molar-refractivity contribution < 1.29 is 13.2 Å². The number of halogens is 1. The largest absolute Gasteiger partial charge is 0.383 e. The number of rotatable bonds is 7. The number of sulfonamides is 1. The van der Waals surface area contributed by atoms with Crippen LogP contribution < -0.4 is 10.5 Å². The van der Waals surface area contributed by atoms with Gasteiger partial charge in [-0.15, -0.1) is 0 Å². The zero-order valence-corrected chi connectivity index (χ0v) is 14.3. The highest BCUT2D eigenvalue weighted by atomic mass is 79.9. The first-order chi connectivity index (χ1) is 9.31. The lowest BCUT2D eigenvalue weighted by Gasteiger charge is -2.21. The maximum atomic E-state index is 12.4. The summed E-state index contributed by atoms with van der Waals surface area (Å²) in [5.41, 5.74) is 6.40. The maximum absolute atomic E-state index is 12.4. The van der Waals surface area contributed by atoms with Gasteiger partial charge in [0.2, 0.25) is 10.0 Å². The van der Waals surface area contributed by atoms with E-state index in [-0.39, 0.29) is 16.9 Å². The van der Waals surface area contributed by atoms with Gasteiger partial charge in [-0.1, -0.05) is 19.9 Å². The van der Waals surface area contributed by atoms with Crippen molar-refractivity contribution in [3.8, 4) is 0 Å². The van der Waals surface area contributed by atoms with Crippen LogP contribution >= 0.6 is 15.9 Å². The van der Waals surface area contributed by atoms with Crippen LogP contribution in [0.1, 0.15) is 19.4 Å². The molecule has 0 amide bonds. The fourth-order valence-corrected chi connectivity index (χ4v) is 4.19. The highest BCUT2D eigenvalue weighted by molar-refractivity contribution is 9.10. The average Bonchev–Trinajstić information content (AvgIpc) is 2.37. The van der Waals surface area contributed by atoms with Gasteiger partial charge in [0.15, 0.2) is 0 Å². The molecule has 1 rings (SSSR count). The summed E-state index contributed by atoms with van der Waals surface area (Å²) in [6, 6.07) is 4.71. The zero-order chi connectivity index (χ0) is 15.3. The molecule has 0 aliphatic carbocycles. The summed E-state index contributed by atoms with van der Waals surface area (Å²) in [6.45, 7) is 4.58. The van der Waals surface area contributed by atoms with Gasteiger partial charge >= 0.3 is 0 Å². The molecule has 0 heterocycles. The third-order valence-electron chi connectivity index (χ3n) is 2.98. The minimum Gasteiger partial charge on any atom is -0.383 e. The van der Waals surface area contributed by atoms with Crippen molar-refractivity contribution in [1.82, 2.24) is 4.72 Å². The summed E-state index contributed by atoms with van der Waals surface area (Å²) in [5.74, 6) is 0.131. The van der Waals surface area contributed by atoms with E-state index in [4.69, 9.17) is 10.5 Å². The lowest BCUT2D eigenvalue weighted by atomic mass is 10.1. The molecule has 5 nitrogen and oxygen atoms in total. The molecule has 0 aliphatic rings. The van der Waals surface area contributed by atoms with Crippen molar-refractivity contribution in [2.24, 2.45) is 11.7 Å². The van der Waals surface area contributed by atoms with E-state index in [2.05, 4.69) is 20.7 Å². The predicted molar refractivity (Wildman–Crippen MR) is 82.9 cm³/mol. The topological polar surface area (TPSA) is 81.4 Å². The first-order valence-electron chi connectivity index (χ1n) is 6.31. The number of hydrogen-bond donors (Lipinski definition) is 2. The molecular formula is C13H21BrN2O3S. The average molecular weight is 365 g/mol. The summed E-state index contributed by atoms with van der Waals surface area (Å²) in [6.07, 6.45) is 0. The SMILES string of the molecule is COCC(NS(=O)(=O)c1ccc(CN)cc1Br)C(C)C. The summed E-state index contributed by atoms with van der Waals surface area (Å²) in [7, 11) is -2.05. The van der Waals surface area contributed by atoms with Crippen molar-refractivity contribution >= 4 is 26.0 Å². The molecule has 0 radical (unpaired) electrons. The van der Waals surface area contributed by atoms with Gasteiger partial charge in [-0.2, -0.15) is 0 Å². The Balaban J connectivity index is 3.04. The van der Waals surface area contributed by atoms with Crippen LogP contribution in [0.5, 0.6) is 0 Å². The van der Waals surface area contributed by atoms with E-state index in [1.54, 1.807) is 25.3 Å². The quantitative estimate of drug-likeness (QED) is 0.773. The standard InChI is InChI=1S/C13H21BrN2O3S/c1-9(2)12(8-19-3)16-20(17,18)13-5-4-10(7-15)6-11(13)14/h4-6,9,12,16H,7-8,15H2,1-3H3. The number of nitrogens with one attached hydrogen (secondary N) is 1. The van der Waals surface area contributed by atoms with Gasteiger partial charge in [0.25, 0.3) is 0 Å². The zero-order valence-electron chi connectivity index (χ0n) is 11.9. The van der Waals surface area contributed by atoms with E-state index < -0.39 is 10.0 Å². The third-order valence-corrected chi connectivity index (χ3v) is 5.45. The Morgan fingerprint density at radius 1 is 1.40 bits per heavy atom. The minimum atomic E-state index is -3.60. The smallest absolute Gasteiger partial charge is 0.242 e. The molecule has 0 aromatic heterocycles. The molecule has 0 saturated carbocycles. The van der Waals surface area contributed by atoms with Gasteiger partial charge in [-0.3, -0.25) is 0 Å². The van der Waals surface area contributed by atoms with E-state index in [1.807, 2.05) is 13.8 Å². The van der Waals surface area contributed by atoms with Crippen LogP contribution in [0.2, 0.25) is 0 Å². The summed E-state index contributed by atoms with van der Waals surface area (Å²) >= 11 is 3.28. The number of hydrogen-bond acceptors (Lipinski definition) is 4. The van der Waals surface area contributed by atoms with Crippen molar-refractivity contribution in [3.05, 3.63) is 28.2 Å². The van der Waals surface area contributed by atoms with Crippen molar-refractivity contribution in [1.29, 1.82) is 0 Å². The van der Waals surface area contributed by atoms with E-state index in [0.717, 1.165) is 5.56 Å². The van der Waals surface area contributed by atoms with Gasteiger partial charge in [0, 0.05) is 24.2 Å². The van der Waals surface area contributed by atoms with Gasteiger partial charge in [-0.05, 0) is 39.5 Å². The Labute approximate surface area is 129 Å². The molecule has 1 aromatic rings. The summed E-state index contributed by atoms with van der Waals surface area (Å²) < 4.78 is 33.1. The Morgan fingerprint density at radius 3 is 2.50 bits per heavy atom. The van der Waals surface area contributed by atoms with E-state index in [1.165, 1.54) is 0 Å². The van der Waals surface area contributed by atoms with Crippen LogP contribution in [-0.4, -0.2) is 28.2 Å². The Morgan fingerprint density at radius 2 is 2.05 bits per heavy atom. The monoisotopic (exact) mass is 364 g/mol. The fourth-order valence-electron chi connectivity index (χ4n) is 1.69. The van der Waals surface area contributed by atoms with Crippen LogP contribution in [-0.2, 0) is 21.3 Å². The molecule has 114 valence electrons. The predicted octanol–water partition coefficient (Wildman–Crippen LogP) is 1.86. The van der Waals surface area contributed by atoms with Crippen LogP contribution in [0.25, 0.3) is 0 Å². The van der Waals surface area contributed by atoms with E-state index >= 15 is 0 Å². The van der Waals surface area contributed by atoms with Crippen molar-refractivity contribution in [3.63, 3.8) is 0 Å². The molecule has 3 N–H and O–H groups in total. The molecule has 0 aliphatic heterocycles. The summed E-state index contributed by atoms with van der Waals surface area (Å²) in [4.78, 5) is 0.205. The second-order valence-electron chi connectivity index (χ2n) is 4.90. The van der Waals surface area contributed by atoms with E-state index in [0.29, 0.717) is 17.6 Å². The van der Waals surface area contributed by atoms with Gasteiger partial charge in [0.05, 0.1) is 11.5 Å². The Kier molecular flexibility index (Phi) is 6.60. The molecule has 0 fully saturated rings. The lowest BCUT2D eigenvalue weighted by Crippen LogP contribution is -2.41. The molecule has 0 bridgehead atoms. The van der Waals surface area contributed by atoms with Crippen LogP contribution in [0.15, 0.2) is 27.6 Å². The van der Waals surface area contributed by atoms with Crippen LogP contribution in [0.3, 0.4) is 0 Å². The normalized spacial score (nSPS) is 13.7. The molecule has 7 heteroatoms. The Bertz CT molecular complexity index is 547. The number of methoxy groups -OCH3 is 1. The second kappa shape index (κ2) is 7.51. The number of nitrogens with two attached hydrogens (primary N) is 1. The van der Waals surface area contributed by atoms with Crippen LogP contribution in [0.4, 0.5) is 0 Å². The molecular weight excluding hydrogens is 344 g/mol. The second-order valence-corrected chi connectivity index (χ2v) is 7.43. The molecule has 0 saturated heterocycles. The van der Waals surface area contributed by atoms with Crippen molar-refractivity contribution in [2.75, 3.05) is 13.7 Å². The maximum Gasteiger partial charge on any atom is 0.242 e. The number of ether oxygens (including phenoxy) is 1. The molecule has 1 aromatic carbocycles. The number of benzene rings is 1. The Hall–Kier alpha value is -0.470. The van der Waals surface area contributed by atoms with Crippen LogP contribution in [0, 0.1) is 5.92 Å².